The van der Waals surface area contributed by atoms with Crippen molar-refractivity contribution in [2.45, 2.75) is 45.1 Å². The highest BCUT2D eigenvalue weighted by atomic mass is 16.5. The molecule has 0 aromatic carbocycles. The number of amides is 2. The summed E-state index contributed by atoms with van der Waals surface area (Å²) < 4.78 is 5.12. The molecule has 1 aromatic heterocycles. The van der Waals surface area contributed by atoms with Gasteiger partial charge < -0.3 is 19.4 Å². The number of aromatic nitrogens is 1. The maximum atomic E-state index is 12.9. The molecule has 2 fully saturated rings. The number of pyridine rings is 1. The van der Waals surface area contributed by atoms with Gasteiger partial charge in [-0.2, -0.15) is 0 Å². The van der Waals surface area contributed by atoms with Crippen LogP contribution in [-0.2, 0) is 9.53 Å². The molecule has 2 amide bonds. The smallest absolute Gasteiger partial charge is 0.255 e. The fraction of sp³-hybridized carbons (Fsp3) is 0.682. The zero-order chi connectivity index (χ0) is 20.6. The molecule has 0 radical (unpaired) electrons. The van der Waals surface area contributed by atoms with Crippen LogP contribution in [0.15, 0.2) is 18.3 Å². The highest BCUT2D eigenvalue weighted by molar-refractivity contribution is 5.94. The summed E-state index contributed by atoms with van der Waals surface area (Å²) in [4.78, 5) is 36.2. The van der Waals surface area contributed by atoms with E-state index in [1.54, 1.807) is 13.3 Å². The third-order valence-corrected chi connectivity index (χ3v) is 5.94. The number of carbonyl (C=O) groups is 2. The van der Waals surface area contributed by atoms with Gasteiger partial charge in [0.1, 0.15) is 6.61 Å². The van der Waals surface area contributed by atoms with Crippen molar-refractivity contribution in [2.75, 3.05) is 53.0 Å². The predicted molar refractivity (Wildman–Crippen MR) is 112 cm³/mol. The van der Waals surface area contributed by atoms with Gasteiger partial charge in [-0.25, -0.2) is 0 Å². The Morgan fingerprint density at radius 1 is 1.21 bits per heavy atom. The summed E-state index contributed by atoms with van der Waals surface area (Å²) in [6, 6.07) is 3.74. The van der Waals surface area contributed by atoms with Gasteiger partial charge >= 0.3 is 0 Å². The van der Waals surface area contributed by atoms with Gasteiger partial charge in [0, 0.05) is 44.7 Å². The Morgan fingerprint density at radius 2 is 2.00 bits per heavy atom. The lowest BCUT2D eigenvalue weighted by molar-refractivity contribution is -0.138. The van der Waals surface area contributed by atoms with E-state index in [1.807, 2.05) is 28.9 Å². The molecule has 2 saturated heterocycles. The molecule has 1 atom stereocenters. The van der Waals surface area contributed by atoms with E-state index in [9.17, 15) is 9.59 Å². The molecule has 3 rings (SSSR count). The third-order valence-electron chi connectivity index (χ3n) is 5.94. The monoisotopic (exact) mass is 402 g/mol. The van der Waals surface area contributed by atoms with Crippen molar-refractivity contribution in [3.63, 3.8) is 0 Å². The highest BCUT2D eigenvalue weighted by Crippen LogP contribution is 2.19. The van der Waals surface area contributed by atoms with E-state index in [0.29, 0.717) is 12.1 Å². The minimum absolute atomic E-state index is 0.00147. The normalized spacial score (nSPS) is 20.1. The van der Waals surface area contributed by atoms with E-state index < -0.39 is 0 Å². The Kier molecular flexibility index (Phi) is 8.00. The largest absolute Gasteiger partial charge is 0.375 e. The van der Waals surface area contributed by atoms with E-state index in [-0.39, 0.29) is 24.5 Å². The molecule has 0 spiro atoms. The molecule has 2 aliphatic rings. The lowest BCUT2D eigenvalue weighted by atomic mass is 10.0. The highest BCUT2D eigenvalue weighted by Gasteiger charge is 2.31. The minimum Gasteiger partial charge on any atom is -0.375 e. The molecule has 160 valence electrons. The fourth-order valence-electron chi connectivity index (χ4n) is 4.36. The molecule has 2 aliphatic heterocycles. The Labute approximate surface area is 174 Å². The summed E-state index contributed by atoms with van der Waals surface area (Å²) in [5.41, 5.74) is 1.51. The molecule has 7 heteroatoms. The van der Waals surface area contributed by atoms with Crippen LogP contribution in [0, 0.1) is 6.92 Å². The van der Waals surface area contributed by atoms with Crippen LogP contribution in [0.4, 0.5) is 0 Å². The number of aryl methyl sites for hydroxylation is 1. The number of nitrogens with zero attached hydrogens (tertiary/aromatic N) is 4. The van der Waals surface area contributed by atoms with Crippen LogP contribution < -0.4 is 0 Å². The molecule has 0 N–H and O–H groups in total. The number of ether oxygens (including phenoxy) is 1. The maximum absolute atomic E-state index is 12.9. The second-order valence-corrected chi connectivity index (χ2v) is 8.16. The van der Waals surface area contributed by atoms with Crippen molar-refractivity contribution < 1.29 is 14.3 Å². The van der Waals surface area contributed by atoms with Crippen LogP contribution in [0.3, 0.4) is 0 Å². The zero-order valence-corrected chi connectivity index (χ0v) is 17.8. The van der Waals surface area contributed by atoms with E-state index in [2.05, 4.69) is 9.88 Å². The number of hydrogen-bond donors (Lipinski definition) is 0. The molecule has 0 saturated carbocycles. The van der Waals surface area contributed by atoms with Gasteiger partial charge in [-0.1, -0.05) is 0 Å². The quantitative estimate of drug-likeness (QED) is 0.665. The first-order valence-corrected chi connectivity index (χ1v) is 10.8. The standard InChI is InChI=1S/C22H34N4O3/c1-18-8-9-19(15-23-18)22(28)25-13-5-7-20(16-25)26(21(27)17-29-2)14-6-12-24-10-3-4-11-24/h8-9,15,20H,3-7,10-14,16-17H2,1-2H3. The van der Waals surface area contributed by atoms with Crippen LogP contribution in [0.1, 0.15) is 48.2 Å². The number of carbonyl (C=O) groups excluding carboxylic acids is 2. The van der Waals surface area contributed by atoms with Crippen molar-refractivity contribution in [2.24, 2.45) is 0 Å². The van der Waals surface area contributed by atoms with E-state index in [0.717, 1.165) is 44.6 Å². The van der Waals surface area contributed by atoms with Crippen LogP contribution in [0.25, 0.3) is 0 Å². The van der Waals surface area contributed by atoms with Gasteiger partial charge in [-0.3, -0.25) is 14.6 Å². The van der Waals surface area contributed by atoms with Gasteiger partial charge in [0.25, 0.3) is 5.91 Å². The van der Waals surface area contributed by atoms with Crippen molar-refractivity contribution in [3.8, 4) is 0 Å². The molecule has 0 aliphatic carbocycles. The lowest BCUT2D eigenvalue weighted by Crippen LogP contribution is -2.53. The van der Waals surface area contributed by atoms with Crippen LogP contribution >= 0.6 is 0 Å². The van der Waals surface area contributed by atoms with E-state index >= 15 is 0 Å². The average Bonchev–Trinajstić information content (AvgIpc) is 3.25. The summed E-state index contributed by atoms with van der Waals surface area (Å²) in [6.07, 6.45) is 6.99. The maximum Gasteiger partial charge on any atom is 0.255 e. The molecule has 0 bridgehead atoms. The number of methoxy groups -OCH3 is 1. The van der Waals surface area contributed by atoms with Crippen molar-refractivity contribution >= 4 is 11.8 Å². The van der Waals surface area contributed by atoms with Crippen LogP contribution in [-0.4, -0.2) is 90.5 Å². The summed E-state index contributed by atoms with van der Waals surface area (Å²) in [5.74, 6) is 0.0173. The predicted octanol–water partition coefficient (Wildman–Crippen LogP) is 1.96. The molecule has 1 aromatic rings. The Morgan fingerprint density at radius 3 is 2.69 bits per heavy atom. The number of piperidine rings is 1. The molecule has 1 unspecified atom stereocenters. The minimum atomic E-state index is -0.00147. The zero-order valence-electron chi connectivity index (χ0n) is 17.8. The van der Waals surface area contributed by atoms with Gasteiger partial charge in [0.05, 0.1) is 5.56 Å². The summed E-state index contributed by atoms with van der Waals surface area (Å²) in [5, 5.41) is 0. The van der Waals surface area contributed by atoms with Crippen molar-refractivity contribution in [1.82, 2.24) is 19.7 Å². The van der Waals surface area contributed by atoms with Crippen molar-refractivity contribution in [3.05, 3.63) is 29.6 Å². The molecular weight excluding hydrogens is 368 g/mol. The Hall–Kier alpha value is -1.99. The Bertz CT molecular complexity index is 673. The first-order chi connectivity index (χ1) is 14.1. The first kappa shape index (κ1) is 21.7. The van der Waals surface area contributed by atoms with Gasteiger partial charge in [-0.05, 0) is 70.8 Å². The molecule has 3 heterocycles. The van der Waals surface area contributed by atoms with Gasteiger partial charge in [0.15, 0.2) is 0 Å². The number of hydrogen-bond acceptors (Lipinski definition) is 5. The summed E-state index contributed by atoms with van der Waals surface area (Å²) >= 11 is 0. The molecule has 29 heavy (non-hydrogen) atoms. The summed E-state index contributed by atoms with van der Waals surface area (Å²) in [7, 11) is 1.56. The lowest BCUT2D eigenvalue weighted by Gasteiger charge is -2.39. The second-order valence-electron chi connectivity index (χ2n) is 8.16. The molecule has 7 nitrogen and oxygen atoms in total. The fourth-order valence-corrected chi connectivity index (χ4v) is 4.36. The van der Waals surface area contributed by atoms with Gasteiger partial charge in [-0.15, -0.1) is 0 Å². The topological polar surface area (TPSA) is 66.0 Å². The van der Waals surface area contributed by atoms with Gasteiger partial charge in [0.2, 0.25) is 5.91 Å². The summed E-state index contributed by atoms with van der Waals surface area (Å²) in [6.45, 7) is 7.39. The number of likely N-dealkylation sites (tertiary alicyclic amines) is 2. The van der Waals surface area contributed by atoms with E-state index in [1.165, 1.54) is 25.9 Å². The molecular formula is C22H34N4O3. The SMILES string of the molecule is COCC(=O)N(CCCN1CCCC1)C1CCCN(C(=O)c2ccc(C)nc2)C1. The van der Waals surface area contributed by atoms with Crippen molar-refractivity contribution in [1.29, 1.82) is 0 Å². The van der Waals surface area contributed by atoms with E-state index in [4.69, 9.17) is 4.74 Å². The average molecular weight is 403 g/mol. The number of rotatable bonds is 8. The Balaban J connectivity index is 1.61. The van der Waals surface area contributed by atoms with Crippen LogP contribution in [0.5, 0.6) is 0 Å². The second kappa shape index (κ2) is 10.7. The third kappa shape index (κ3) is 6.00. The van der Waals surface area contributed by atoms with Crippen LogP contribution in [0.2, 0.25) is 0 Å². The first-order valence-electron chi connectivity index (χ1n) is 10.8.